The molecule has 0 saturated carbocycles. The molecule has 8 nitrogen and oxygen atoms in total. The fraction of sp³-hybridized carbons (Fsp3) is 0.636. The van der Waals surface area contributed by atoms with Crippen LogP contribution in [0.4, 0.5) is 5.82 Å². The highest BCUT2D eigenvalue weighted by Gasteiger charge is 2.20. The second kappa shape index (κ2) is 7.25. The van der Waals surface area contributed by atoms with Gasteiger partial charge in [0.2, 0.25) is 10.0 Å². The summed E-state index contributed by atoms with van der Waals surface area (Å²) in [6.07, 6.45) is 1.91. The van der Waals surface area contributed by atoms with Crippen molar-refractivity contribution < 1.29 is 17.9 Å². The third-order valence-corrected chi connectivity index (χ3v) is 4.00. The number of rotatable bonds is 8. The summed E-state index contributed by atoms with van der Waals surface area (Å²) < 4.78 is 32.6. The average Bonchev–Trinajstić information content (AvgIpc) is 2.77. The molecule has 9 heteroatoms. The van der Waals surface area contributed by atoms with E-state index in [0.29, 0.717) is 19.6 Å². The lowest BCUT2D eigenvalue weighted by molar-refractivity contribution is -0.143. The van der Waals surface area contributed by atoms with Gasteiger partial charge in [0.25, 0.3) is 0 Å². The highest BCUT2D eigenvalue weighted by atomic mass is 32.2. The van der Waals surface area contributed by atoms with Crippen LogP contribution in [0.2, 0.25) is 0 Å². The lowest BCUT2D eigenvalue weighted by Crippen LogP contribution is -2.25. The molecule has 0 spiro atoms. The maximum atomic E-state index is 12.0. The Morgan fingerprint density at radius 1 is 1.50 bits per heavy atom. The van der Waals surface area contributed by atoms with Crippen molar-refractivity contribution in [3.63, 3.8) is 0 Å². The molecule has 0 saturated heterocycles. The van der Waals surface area contributed by atoms with Crippen molar-refractivity contribution in [3.05, 3.63) is 6.20 Å². The van der Waals surface area contributed by atoms with Crippen LogP contribution in [0.1, 0.15) is 26.7 Å². The van der Waals surface area contributed by atoms with E-state index in [0.717, 1.165) is 0 Å². The number of sulfonamides is 1. The van der Waals surface area contributed by atoms with Crippen LogP contribution in [0.5, 0.6) is 0 Å². The average molecular weight is 304 g/mol. The van der Waals surface area contributed by atoms with Gasteiger partial charge in [-0.15, -0.1) is 0 Å². The van der Waals surface area contributed by atoms with Gasteiger partial charge in [0.1, 0.15) is 4.90 Å². The Morgan fingerprint density at radius 3 is 2.75 bits per heavy atom. The molecule has 3 N–H and O–H groups in total. The minimum absolute atomic E-state index is 0.0373. The Morgan fingerprint density at radius 2 is 2.20 bits per heavy atom. The number of hydrogen-bond acceptors (Lipinski definition) is 6. The highest BCUT2D eigenvalue weighted by Crippen LogP contribution is 2.15. The van der Waals surface area contributed by atoms with Gasteiger partial charge < -0.3 is 10.5 Å². The van der Waals surface area contributed by atoms with E-state index in [1.165, 1.54) is 10.9 Å². The van der Waals surface area contributed by atoms with E-state index >= 15 is 0 Å². The number of aromatic nitrogens is 2. The van der Waals surface area contributed by atoms with Gasteiger partial charge in [0.05, 0.1) is 6.61 Å². The molecule has 0 aromatic carbocycles. The fourth-order valence-electron chi connectivity index (χ4n) is 1.54. The first-order chi connectivity index (χ1) is 9.40. The second-order valence-corrected chi connectivity index (χ2v) is 5.78. The molecule has 1 rings (SSSR count). The third kappa shape index (κ3) is 4.49. The van der Waals surface area contributed by atoms with Crippen LogP contribution < -0.4 is 10.5 Å². The Kier molecular flexibility index (Phi) is 5.96. The molecule has 1 heterocycles. The second-order valence-electron chi connectivity index (χ2n) is 4.04. The number of nitrogens with one attached hydrogen (secondary N) is 1. The summed E-state index contributed by atoms with van der Waals surface area (Å²) in [6, 6.07) is 0. The zero-order chi connectivity index (χ0) is 15.2. The molecular formula is C11H20N4O4S. The molecule has 0 aliphatic heterocycles. The number of carbonyl (C=O) groups is 1. The van der Waals surface area contributed by atoms with Crippen LogP contribution in [0, 0.1) is 0 Å². The van der Waals surface area contributed by atoms with Gasteiger partial charge in [-0.1, -0.05) is 0 Å². The monoisotopic (exact) mass is 304 g/mol. The molecule has 0 bridgehead atoms. The van der Waals surface area contributed by atoms with Crippen LogP contribution in [0.3, 0.4) is 0 Å². The minimum atomic E-state index is -3.70. The van der Waals surface area contributed by atoms with Crippen molar-refractivity contribution >= 4 is 21.8 Å². The number of hydrogen-bond donors (Lipinski definition) is 2. The predicted octanol–water partition coefficient (Wildman–Crippen LogP) is 0.107. The SMILES string of the molecule is CCOC(=O)CCCNS(=O)(=O)c1cn(CC)nc1N. The minimum Gasteiger partial charge on any atom is -0.466 e. The van der Waals surface area contributed by atoms with Gasteiger partial charge in [-0.2, -0.15) is 5.10 Å². The Hall–Kier alpha value is -1.61. The maximum Gasteiger partial charge on any atom is 0.305 e. The zero-order valence-electron chi connectivity index (χ0n) is 11.6. The molecule has 20 heavy (non-hydrogen) atoms. The van der Waals surface area contributed by atoms with Gasteiger partial charge in [0, 0.05) is 25.7 Å². The van der Waals surface area contributed by atoms with Crippen LogP contribution in [0.15, 0.2) is 11.1 Å². The lowest BCUT2D eigenvalue weighted by Gasteiger charge is -2.05. The Labute approximate surface area is 118 Å². The molecule has 0 radical (unpaired) electrons. The van der Waals surface area contributed by atoms with Crippen LogP contribution >= 0.6 is 0 Å². The van der Waals surface area contributed by atoms with E-state index in [4.69, 9.17) is 10.5 Å². The number of nitrogens with zero attached hydrogens (tertiary/aromatic N) is 2. The number of aryl methyl sites for hydroxylation is 1. The molecule has 0 fully saturated rings. The van der Waals surface area contributed by atoms with Gasteiger partial charge in [-0.05, 0) is 20.3 Å². The standard InChI is InChI=1S/C11H20N4O4S/c1-3-15-8-9(11(12)14-15)20(17,18)13-7-5-6-10(16)19-4-2/h8,13H,3-7H2,1-2H3,(H2,12,14). The van der Waals surface area contributed by atoms with Gasteiger partial charge in [0.15, 0.2) is 5.82 Å². The molecule has 0 aliphatic carbocycles. The quantitative estimate of drug-likeness (QED) is 0.520. The maximum absolute atomic E-state index is 12.0. The summed E-state index contributed by atoms with van der Waals surface area (Å²) in [4.78, 5) is 11.1. The number of ether oxygens (including phenoxy) is 1. The summed E-state index contributed by atoms with van der Waals surface area (Å²) in [5, 5.41) is 3.88. The molecule has 0 aliphatic rings. The zero-order valence-corrected chi connectivity index (χ0v) is 12.4. The first-order valence-electron chi connectivity index (χ1n) is 6.39. The van der Waals surface area contributed by atoms with Gasteiger partial charge in [-0.25, -0.2) is 13.1 Å². The molecule has 0 unspecified atom stereocenters. The molecule has 1 aromatic rings. The molecule has 0 amide bonds. The molecule has 0 atom stereocenters. The summed E-state index contributed by atoms with van der Waals surface area (Å²) in [6.45, 7) is 4.53. The van der Waals surface area contributed by atoms with Crippen molar-refractivity contribution in [2.24, 2.45) is 0 Å². The number of nitrogen functional groups attached to an aromatic ring is 1. The van der Waals surface area contributed by atoms with Crippen molar-refractivity contribution in [3.8, 4) is 0 Å². The largest absolute Gasteiger partial charge is 0.466 e. The van der Waals surface area contributed by atoms with E-state index in [-0.39, 0.29) is 29.6 Å². The number of carbonyl (C=O) groups excluding carboxylic acids is 1. The summed E-state index contributed by atoms with van der Waals surface area (Å²) in [7, 11) is -3.70. The lowest BCUT2D eigenvalue weighted by atomic mass is 10.3. The number of anilines is 1. The highest BCUT2D eigenvalue weighted by molar-refractivity contribution is 7.89. The topological polar surface area (TPSA) is 116 Å². The first kappa shape index (κ1) is 16.4. The Balaban J connectivity index is 2.53. The number of nitrogens with two attached hydrogens (primary N) is 1. The van der Waals surface area contributed by atoms with Gasteiger partial charge in [-0.3, -0.25) is 9.48 Å². The normalized spacial score (nSPS) is 11.5. The molecule has 114 valence electrons. The van der Waals surface area contributed by atoms with Crippen molar-refractivity contribution in [2.75, 3.05) is 18.9 Å². The third-order valence-electron chi connectivity index (χ3n) is 2.52. The van der Waals surface area contributed by atoms with E-state index in [9.17, 15) is 13.2 Å². The predicted molar refractivity (Wildman–Crippen MR) is 73.4 cm³/mol. The van der Waals surface area contributed by atoms with E-state index in [2.05, 4.69) is 9.82 Å². The van der Waals surface area contributed by atoms with Crippen molar-refractivity contribution in [2.45, 2.75) is 38.1 Å². The van der Waals surface area contributed by atoms with E-state index in [1.807, 2.05) is 6.92 Å². The van der Waals surface area contributed by atoms with Crippen molar-refractivity contribution in [1.82, 2.24) is 14.5 Å². The summed E-state index contributed by atoms with van der Waals surface area (Å²) in [5.41, 5.74) is 5.57. The van der Waals surface area contributed by atoms with E-state index in [1.54, 1.807) is 6.92 Å². The smallest absolute Gasteiger partial charge is 0.305 e. The van der Waals surface area contributed by atoms with Crippen molar-refractivity contribution in [1.29, 1.82) is 0 Å². The molecular weight excluding hydrogens is 284 g/mol. The van der Waals surface area contributed by atoms with Crippen LogP contribution in [-0.2, 0) is 26.1 Å². The Bertz CT molecular complexity index is 553. The fourth-order valence-corrected chi connectivity index (χ4v) is 2.68. The van der Waals surface area contributed by atoms with Crippen LogP contribution in [0.25, 0.3) is 0 Å². The van der Waals surface area contributed by atoms with Crippen LogP contribution in [-0.4, -0.2) is 37.3 Å². The summed E-state index contributed by atoms with van der Waals surface area (Å²) >= 11 is 0. The molecule has 1 aromatic heterocycles. The first-order valence-corrected chi connectivity index (χ1v) is 7.87. The van der Waals surface area contributed by atoms with Gasteiger partial charge >= 0.3 is 5.97 Å². The number of esters is 1. The van der Waals surface area contributed by atoms with E-state index < -0.39 is 10.0 Å². The summed E-state index contributed by atoms with van der Waals surface area (Å²) in [5.74, 6) is -0.380.